The van der Waals surface area contributed by atoms with Crippen LogP contribution in [0.3, 0.4) is 0 Å². The van der Waals surface area contributed by atoms with Crippen molar-refractivity contribution in [2.45, 2.75) is 51.7 Å². The lowest BCUT2D eigenvalue weighted by molar-refractivity contribution is 0.170. The molecule has 0 saturated carbocycles. The highest BCUT2D eigenvalue weighted by Gasteiger charge is 2.04. The number of aliphatic hydroxyl groups is 1. The van der Waals surface area contributed by atoms with E-state index in [-0.39, 0.29) is 11.9 Å². The fraction of sp³-hybridized carbons (Fsp3) is 0.900. The van der Waals surface area contributed by atoms with Crippen LogP contribution in [-0.2, 0) is 0 Å². The largest absolute Gasteiger partial charge is 0.409 e. The third kappa shape index (κ3) is 9.49. The second-order valence-electron chi connectivity index (χ2n) is 3.99. The van der Waals surface area contributed by atoms with Gasteiger partial charge in [0.2, 0.25) is 0 Å². The smallest absolute Gasteiger partial charge is 0.139 e. The topological polar surface area (TPSA) is 90.9 Å². The second kappa shape index (κ2) is 8.49. The van der Waals surface area contributed by atoms with Crippen molar-refractivity contribution in [1.82, 2.24) is 5.32 Å². The summed E-state index contributed by atoms with van der Waals surface area (Å²) in [4.78, 5) is 0. The lowest BCUT2D eigenvalue weighted by Gasteiger charge is -2.14. The molecule has 0 heterocycles. The number of nitrogens with zero attached hydrogens (tertiary/aromatic N) is 1. The standard InChI is InChI=1S/C10H23N3O2/c1-8(7-9(2)14)12-6-4-3-5-10(11)13-15/h8-9,12,14-15H,3-7H2,1-2H3,(H2,11,13). The van der Waals surface area contributed by atoms with Crippen molar-refractivity contribution in [1.29, 1.82) is 0 Å². The monoisotopic (exact) mass is 217 g/mol. The van der Waals surface area contributed by atoms with Crippen molar-refractivity contribution in [3.8, 4) is 0 Å². The maximum Gasteiger partial charge on any atom is 0.139 e. The van der Waals surface area contributed by atoms with Gasteiger partial charge in [0.1, 0.15) is 5.84 Å². The maximum absolute atomic E-state index is 9.13. The summed E-state index contributed by atoms with van der Waals surface area (Å²) in [5, 5.41) is 23.6. The van der Waals surface area contributed by atoms with Crippen molar-refractivity contribution in [3.05, 3.63) is 0 Å². The molecule has 0 aliphatic carbocycles. The van der Waals surface area contributed by atoms with Crippen LogP contribution in [0, 0.1) is 0 Å². The minimum atomic E-state index is -0.260. The zero-order valence-corrected chi connectivity index (χ0v) is 9.61. The molecule has 0 bridgehead atoms. The van der Waals surface area contributed by atoms with Gasteiger partial charge in [0.25, 0.3) is 0 Å². The molecule has 0 saturated heterocycles. The van der Waals surface area contributed by atoms with Crippen molar-refractivity contribution in [2.75, 3.05) is 6.54 Å². The van der Waals surface area contributed by atoms with Crippen LogP contribution in [0.4, 0.5) is 0 Å². The first-order valence-corrected chi connectivity index (χ1v) is 5.44. The summed E-state index contributed by atoms with van der Waals surface area (Å²) >= 11 is 0. The number of amidine groups is 1. The van der Waals surface area contributed by atoms with Crippen LogP contribution in [0.15, 0.2) is 5.16 Å². The molecule has 5 heteroatoms. The van der Waals surface area contributed by atoms with Crippen molar-refractivity contribution in [2.24, 2.45) is 10.9 Å². The summed E-state index contributed by atoms with van der Waals surface area (Å²) in [6, 6.07) is 0.328. The van der Waals surface area contributed by atoms with Gasteiger partial charge < -0.3 is 21.4 Å². The van der Waals surface area contributed by atoms with Crippen LogP contribution < -0.4 is 11.1 Å². The molecule has 0 radical (unpaired) electrons. The van der Waals surface area contributed by atoms with Crippen molar-refractivity contribution < 1.29 is 10.3 Å². The highest BCUT2D eigenvalue weighted by Crippen LogP contribution is 1.98. The molecule has 0 aromatic rings. The van der Waals surface area contributed by atoms with Gasteiger partial charge in [-0.1, -0.05) is 5.16 Å². The molecular weight excluding hydrogens is 194 g/mol. The van der Waals surface area contributed by atoms with E-state index < -0.39 is 0 Å². The molecule has 0 aromatic heterocycles. The van der Waals surface area contributed by atoms with E-state index in [1.54, 1.807) is 6.92 Å². The van der Waals surface area contributed by atoms with E-state index in [0.717, 1.165) is 25.8 Å². The number of oxime groups is 1. The molecular formula is C10H23N3O2. The zero-order chi connectivity index (χ0) is 11.7. The fourth-order valence-electron chi connectivity index (χ4n) is 1.42. The summed E-state index contributed by atoms with van der Waals surface area (Å²) in [5.74, 6) is 0.284. The number of hydrogen-bond donors (Lipinski definition) is 4. The lowest BCUT2D eigenvalue weighted by atomic mass is 10.1. The molecule has 0 aliphatic heterocycles. The summed E-state index contributed by atoms with van der Waals surface area (Å²) in [5.41, 5.74) is 5.33. The van der Waals surface area contributed by atoms with E-state index in [0.29, 0.717) is 12.5 Å². The van der Waals surface area contributed by atoms with Crippen LogP contribution in [0.25, 0.3) is 0 Å². The summed E-state index contributed by atoms with van der Waals surface area (Å²) in [7, 11) is 0. The Labute approximate surface area is 91.4 Å². The SMILES string of the molecule is CC(O)CC(C)NCCCCC(N)=NO. The predicted octanol–water partition coefficient (Wildman–Crippen LogP) is 0.652. The molecule has 2 atom stereocenters. The van der Waals surface area contributed by atoms with Crippen molar-refractivity contribution in [3.63, 3.8) is 0 Å². The minimum absolute atomic E-state index is 0.260. The lowest BCUT2D eigenvalue weighted by Crippen LogP contribution is -2.30. The van der Waals surface area contributed by atoms with Crippen LogP contribution in [0.2, 0.25) is 0 Å². The molecule has 15 heavy (non-hydrogen) atoms. The average Bonchev–Trinajstić information content (AvgIpc) is 2.15. The number of nitrogens with two attached hydrogens (primary N) is 1. The Morgan fingerprint density at radius 2 is 2.07 bits per heavy atom. The Morgan fingerprint density at radius 3 is 2.60 bits per heavy atom. The first kappa shape index (κ1) is 14.2. The third-order valence-corrected chi connectivity index (χ3v) is 2.18. The van der Waals surface area contributed by atoms with Gasteiger partial charge in [-0.25, -0.2) is 0 Å². The van der Waals surface area contributed by atoms with Crippen LogP contribution >= 0.6 is 0 Å². The van der Waals surface area contributed by atoms with Gasteiger partial charge in [-0.05, 0) is 39.7 Å². The minimum Gasteiger partial charge on any atom is -0.409 e. The zero-order valence-electron chi connectivity index (χ0n) is 9.61. The van der Waals surface area contributed by atoms with E-state index in [1.165, 1.54) is 0 Å². The highest BCUT2D eigenvalue weighted by molar-refractivity contribution is 5.79. The molecule has 0 spiro atoms. The Morgan fingerprint density at radius 1 is 1.40 bits per heavy atom. The molecule has 5 N–H and O–H groups in total. The van der Waals surface area contributed by atoms with Gasteiger partial charge in [0, 0.05) is 12.5 Å². The Kier molecular flexibility index (Phi) is 8.04. The van der Waals surface area contributed by atoms with Crippen molar-refractivity contribution >= 4 is 5.84 Å². The van der Waals surface area contributed by atoms with Gasteiger partial charge in [0.05, 0.1) is 6.10 Å². The number of aliphatic hydroxyl groups excluding tert-OH is 1. The van der Waals surface area contributed by atoms with Gasteiger partial charge in [-0.3, -0.25) is 0 Å². The Balaban J connectivity index is 3.31. The van der Waals surface area contributed by atoms with E-state index in [9.17, 15) is 0 Å². The third-order valence-electron chi connectivity index (χ3n) is 2.18. The van der Waals surface area contributed by atoms with Gasteiger partial charge >= 0.3 is 0 Å². The molecule has 0 aromatic carbocycles. The first-order chi connectivity index (χ1) is 7.06. The van der Waals surface area contributed by atoms with Gasteiger partial charge in [-0.15, -0.1) is 0 Å². The Hall–Kier alpha value is -0.810. The molecule has 0 amide bonds. The predicted molar refractivity (Wildman–Crippen MR) is 61.0 cm³/mol. The normalized spacial score (nSPS) is 16.3. The quantitative estimate of drug-likeness (QED) is 0.158. The fourth-order valence-corrected chi connectivity index (χ4v) is 1.42. The number of hydrogen-bond acceptors (Lipinski definition) is 4. The van der Waals surface area contributed by atoms with Crippen LogP contribution in [-0.4, -0.2) is 34.8 Å². The van der Waals surface area contributed by atoms with E-state index >= 15 is 0 Å². The summed E-state index contributed by atoms with van der Waals surface area (Å²) in [6.07, 6.45) is 3.03. The molecule has 0 fully saturated rings. The Bertz CT molecular complexity index is 184. The molecule has 5 nitrogen and oxygen atoms in total. The van der Waals surface area contributed by atoms with Crippen LogP contribution in [0.5, 0.6) is 0 Å². The number of nitrogens with one attached hydrogen (secondary N) is 1. The molecule has 0 aliphatic rings. The number of rotatable bonds is 8. The molecule has 0 rings (SSSR count). The van der Waals surface area contributed by atoms with Gasteiger partial charge in [-0.2, -0.15) is 0 Å². The van der Waals surface area contributed by atoms with E-state index in [4.69, 9.17) is 16.0 Å². The maximum atomic E-state index is 9.13. The van der Waals surface area contributed by atoms with E-state index in [2.05, 4.69) is 17.4 Å². The van der Waals surface area contributed by atoms with Gasteiger partial charge in [0.15, 0.2) is 0 Å². The second-order valence-corrected chi connectivity index (χ2v) is 3.99. The summed E-state index contributed by atoms with van der Waals surface area (Å²) < 4.78 is 0. The molecule has 2 unspecified atom stereocenters. The molecule has 90 valence electrons. The average molecular weight is 217 g/mol. The first-order valence-electron chi connectivity index (χ1n) is 5.44. The van der Waals surface area contributed by atoms with Crippen LogP contribution in [0.1, 0.15) is 39.5 Å². The number of unbranched alkanes of at least 4 members (excludes halogenated alkanes) is 1. The van der Waals surface area contributed by atoms with E-state index in [1.807, 2.05) is 0 Å². The highest BCUT2D eigenvalue weighted by atomic mass is 16.4. The summed E-state index contributed by atoms with van der Waals surface area (Å²) in [6.45, 7) is 4.74.